The fourth-order valence-corrected chi connectivity index (χ4v) is 2.36. The first-order valence-electron chi connectivity index (χ1n) is 8.28. The van der Waals surface area contributed by atoms with E-state index in [9.17, 15) is 13.6 Å². The summed E-state index contributed by atoms with van der Waals surface area (Å²) in [5.74, 6) is -0.628. The number of halogens is 2. The Morgan fingerprint density at radius 2 is 1.67 bits per heavy atom. The molecule has 0 aliphatic heterocycles. The third kappa shape index (κ3) is 5.07. The molecule has 2 aromatic carbocycles. The number of ether oxygens (including phenoxy) is 1. The Morgan fingerprint density at radius 3 is 2.33 bits per heavy atom. The Kier molecular flexibility index (Phi) is 5.71. The van der Waals surface area contributed by atoms with Crippen molar-refractivity contribution in [3.63, 3.8) is 0 Å². The minimum atomic E-state index is -0.756. The van der Waals surface area contributed by atoms with Gasteiger partial charge < -0.3 is 10.1 Å². The normalized spacial score (nSPS) is 11.7. The number of carbonyl (C=O) groups excluding carboxylic acids is 1. The molecule has 1 atom stereocenters. The molecule has 3 aromatic rings. The molecule has 1 aromatic heterocycles. The first-order valence-corrected chi connectivity index (χ1v) is 8.28. The van der Waals surface area contributed by atoms with Gasteiger partial charge in [0.2, 0.25) is 0 Å². The third-order valence-electron chi connectivity index (χ3n) is 3.80. The van der Waals surface area contributed by atoms with Crippen molar-refractivity contribution in [2.75, 3.05) is 0 Å². The second kappa shape index (κ2) is 8.35. The lowest BCUT2D eigenvalue weighted by atomic mass is 10.1. The Balaban J connectivity index is 1.59. The number of nitrogens with one attached hydrogen (secondary N) is 1. The SMILES string of the molecule is CC(Oc1ccc(F)cc1)C(=O)NCc1cc(-c2ccc(F)cc2)ncn1. The average molecular weight is 369 g/mol. The Hall–Kier alpha value is -3.35. The molecule has 3 rings (SSSR count). The monoisotopic (exact) mass is 369 g/mol. The highest BCUT2D eigenvalue weighted by Gasteiger charge is 2.15. The molecule has 5 nitrogen and oxygen atoms in total. The molecule has 1 heterocycles. The number of carbonyl (C=O) groups is 1. The third-order valence-corrected chi connectivity index (χ3v) is 3.80. The summed E-state index contributed by atoms with van der Waals surface area (Å²) in [6.45, 7) is 1.79. The second-order valence-electron chi connectivity index (χ2n) is 5.83. The van der Waals surface area contributed by atoms with Crippen molar-refractivity contribution < 1.29 is 18.3 Å². The molecule has 27 heavy (non-hydrogen) atoms. The van der Waals surface area contributed by atoms with E-state index in [1.54, 1.807) is 25.1 Å². The predicted molar refractivity (Wildman–Crippen MR) is 95.8 cm³/mol. The van der Waals surface area contributed by atoms with Gasteiger partial charge in [-0.15, -0.1) is 0 Å². The standard InChI is InChI=1S/C20H17F2N3O2/c1-13(27-18-8-6-16(22)7-9-18)20(26)23-11-17-10-19(25-12-24-17)14-2-4-15(21)5-3-14/h2-10,12-13H,11H2,1H3,(H,23,26). The Morgan fingerprint density at radius 1 is 1.04 bits per heavy atom. The lowest BCUT2D eigenvalue weighted by Gasteiger charge is -2.14. The zero-order valence-corrected chi connectivity index (χ0v) is 14.5. The Labute approximate surface area is 155 Å². The molecule has 0 radical (unpaired) electrons. The van der Waals surface area contributed by atoms with E-state index >= 15 is 0 Å². The molecule has 138 valence electrons. The minimum Gasteiger partial charge on any atom is -0.481 e. The van der Waals surface area contributed by atoms with Gasteiger partial charge in [0.05, 0.1) is 17.9 Å². The van der Waals surface area contributed by atoms with E-state index in [0.717, 1.165) is 5.56 Å². The number of nitrogens with zero attached hydrogens (tertiary/aromatic N) is 2. The van der Waals surface area contributed by atoms with Crippen LogP contribution in [0, 0.1) is 11.6 Å². The molecule has 0 aliphatic rings. The quantitative estimate of drug-likeness (QED) is 0.722. The van der Waals surface area contributed by atoms with Crippen LogP contribution in [-0.2, 0) is 11.3 Å². The number of amides is 1. The lowest BCUT2D eigenvalue weighted by Crippen LogP contribution is -2.36. The van der Waals surface area contributed by atoms with E-state index in [-0.39, 0.29) is 24.1 Å². The van der Waals surface area contributed by atoms with Crippen molar-refractivity contribution in [1.82, 2.24) is 15.3 Å². The van der Waals surface area contributed by atoms with Crippen LogP contribution in [0.5, 0.6) is 5.75 Å². The van der Waals surface area contributed by atoms with Crippen LogP contribution in [0.15, 0.2) is 60.9 Å². The lowest BCUT2D eigenvalue weighted by molar-refractivity contribution is -0.127. The summed E-state index contributed by atoms with van der Waals surface area (Å²) in [7, 11) is 0. The van der Waals surface area contributed by atoms with Gasteiger partial charge in [-0.05, 0) is 61.5 Å². The van der Waals surface area contributed by atoms with Crippen LogP contribution < -0.4 is 10.1 Å². The van der Waals surface area contributed by atoms with Crippen molar-refractivity contribution in [2.45, 2.75) is 19.6 Å². The van der Waals surface area contributed by atoms with Gasteiger partial charge in [0, 0.05) is 5.56 Å². The summed E-state index contributed by atoms with van der Waals surface area (Å²) in [6.07, 6.45) is 0.632. The molecule has 1 unspecified atom stereocenters. The summed E-state index contributed by atoms with van der Waals surface area (Å²) in [4.78, 5) is 20.5. The van der Waals surface area contributed by atoms with Crippen LogP contribution in [0.4, 0.5) is 8.78 Å². The fraction of sp³-hybridized carbons (Fsp3) is 0.150. The van der Waals surface area contributed by atoms with Crippen molar-refractivity contribution in [3.05, 3.63) is 78.3 Å². The highest BCUT2D eigenvalue weighted by atomic mass is 19.1. The number of benzene rings is 2. The number of hydrogen-bond donors (Lipinski definition) is 1. The maximum Gasteiger partial charge on any atom is 0.261 e. The van der Waals surface area contributed by atoms with Crippen molar-refractivity contribution in [3.8, 4) is 17.0 Å². The van der Waals surface area contributed by atoms with Crippen molar-refractivity contribution in [2.24, 2.45) is 0 Å². The highest BCUT2D eigenvalue weighted by molar-refractivity contribution is 5.80. The minimum absolute atomic E-state index is 0.187. The number of aromatic nitrogens is 2. The van der Waals surface area contributed by atoms with Crippen molar-refractivity contribution in [1.29, 1.82) is 0 Å². The molecule has 7 heteroatoms. The van der Waals surface area contributed by atoms with Crippen LogP contribution in [0.25, 0.3) is 11.3 Å². The molecule has 1 amide bonds. The van der Waals surface area contributed by atoms with Crippen molar-refractivity contribution >= 4 is 5.91 Å². The molecule has 0 saturated carbocycles. The second-order valence-corrected chi connectivity index (χ2v) is 5.83. The van der Waals surface area contributed by atoms with Crippen LogP contribution in [-0.4, -0.2) is 22.0 Å². The van der Waals surface area contributed by atoms with E-state index in [1.165, 1.54) is 42.7 Å². The van der Waals surface area contributed by atoms with E-state index in [1.807, 2.05) is 0 Å². The summed E-state index contributed by atoms with van der Waals surface area (Å²) < 4.78 is 31.4. The average Bonchev–Trinajstić information content (AvgIpc) is 2.68. The highest BCUT2D eigenvalue weighted by Crippen LogP contribution is 2.17. The molecule has 0 spiro atoms. The van der Waals surface area contributed by atoms with E-state index in [2.05, 4.69) is 15.3 Å². The van der Waals surface area contributed by atoms with Gasteiger partial charge in [0.25, 0.3) is 5.91 Å². The molecular formula is C20H17F2N3O2. The molecule has 0 fully saturated rings. The molecule has 0 saturated heterocycles. The van der Waals surface area contributed by atoms with E-state index < -0.39 is 6.10 Å². The fourth-order valence-electron chi connectivity index (χ4n) is 2.36. The molecule has 0 aliphatic carbocycles. The van der Waals surface area contributed by atoms with Crippen LogP contribution >= 0.6 is 0 Å². The van der Waals surface area contributed by atoms with Crippen LogP contribution in [0.3, 0.4) is 0 Å². The molecule has 0 bridgehead atoms. The van der Waals surface area contributed by atoms with Gasteiger partial charge in [0.1, 0.15) is 23.7 Å². The maximum absolute atomic E-state index is 13.0. The van der Waals surface area contributed by atoms with Gasteiger partial charge in [-0.1, -0.05) is 0 Å². The molecule has 1 N–H and O–H groups in total. The summed E-state index contributed by atoms with van der Waals surface area (Å²) in [5.41, 5.74) is 1.98. The van der Waals surface area contributed by atoms with Gasteiger partial charge >= 0.3 is 0 Å². The van der Waals surface area contributed by atoms with E-state index in [0.29, 0.717) is 17.1 Å². The zero-order valence-electron chi connectivity index (χ0n) is 14.5. The Bertz CT molecular complexity index is 915. The van der Waals surface area contributed by atoms with Gasteiger partial charge in [-0.3, -0.25) is 4.79 Å². The molecular weight excluding hydrogens is 352 g/mol. The van der Waals surface area contributed by atoms with E-state index in [4.69, 9.17) is 4.74 Å². The summed E-state index contributed by atoms with van der Waals surface area (Å²) in [5, 5.41) is 2.73. The first-order chi connectivity index (χ1) is 13.0. The largest absolute Gasteiger partial charge is 0.481 e. The number of rotatable bonds is 6. The van der Waals surface area contributed by atoms with Gasteiger partial charge in [-0.25, -0.2) is 18.7 Å². The summed E-state index contributed by atoms with van der Waals surface area (Å²) >= 11 is 0. The first kappa shape index (κ1) is 18.4. The van der Waals surface area contributed by atoms with Gasteiger partial charge in [-0.2, -0.15) is 0 Å². The topological polar surface area (TPSA) is 64.1 Å². The predicted octanol–water partition coefficient (Wildman–Crippen LogP) is 3.51. The van der Waals surface area contributed by atoms with Crippen LogP contribution in [0.2, 0.25) is 0 Å². The van der Waals surface area contributed by atoms with Crippen LogP contribution in [0.1, 0.15) is 12.6 Å². The summed E-state index contributed by atoms with van der Waals surface area (Å²) in [6, 6.07) is 13.1. The number of hydrogen-bond acceptors (Lipinski definition) is 4. The zero-order chi connectivity index (χ0) is 19.2. The smallest absolute Gasteiger partial charge is 0.261 e. The maximum atomic E-state index is 13.0. The van der Waals surface area contributed by atoms with Gasteiger partial charge in [0.15, 0.2) is 6.10 Å².